The fourth-order valence-corrected chi connectivity index (χ4v) is 5.47. The Balaban J connectivity index is 1.32. The zero-order valence-electron chi connectivity index (χ0n) is 17.9. The van der Waals surface area contributed by atoms with Gasteiger partial charge < -0.3 is 9.47 Å². The van der Waals surface area contributed by atoms with E-state index in [9.17, 15) is 4.79 Å². The SMILES string of the molecule is C[C@@H](OC[C@H]1CN(C(C)(C)CC2Cc3ccccc3C2)C(=O)O1)c1ccccc1Br. The third-order valence-electron chi connectivity index (χ3n) is 6.40. The summed E-state index contributed by atoms with van der Waals surface area (Å²) in [5.41, 5.74) is 3.76. The fraction of sp³-hybridized carbons (Fsp3) is 0.480. The topological polar surface area (TPSA) is 38.8 Å². The van der Waals surface area contributed by atoms with Crippen LogP contribution >= 0.6 is 15.9 Å². The van der Waals surface area contributed by atoms with Crippen molar-refractivity contribution in [3.05, 3.63) is 69.7 Å². The summed E-state index contributed by atoms with van der Waals surface area (Å²) in [7, 11) is 0. The van der Waals surface area contributed by atoms with Crippen molar-refractivity contribution in [3.63, 3.8) is 0 Å². The van der Waals surface area contributed by atoms with Crippen LogP contribution in [0.25, 0.3) is 0 Å². The molecular formula is C25H30BrNO3. The van der Waals surface area contributed by atoms with Crippen LogP contribution in [-0.2, 0) is 22.3 Å². The molecule has 0 saturated carbocycles. The summed E-state index contributed by atoms with van der Waals surface area (Å²) < 4.78 is 12.7. The molecule has 4 rings (SSSR count). The van der Waals surface area contributed by atoms with Crippen molar-refractivity contribution in [1.29, 1.82) is 0 Å². The molecule has 2 aliphatic rings. The van der Waals surface area contributed by atoms with Crippen molar-refractivity contribution >= 4 is 22.0 Å². The summed E-state index contributed by atoms with van der Waals surface area (Å²) in [5, 5.41) is 0. The molecule has 2 aromatic rings. The lowest BCUT2D eigenvalue weighted by molar-refractivity contribution is 0.00632. The number of cyclic esters (lactones) is 1. The highest BCUT2D eigenvalue weighted by atomic mass is 79.9. The van der Waals surface area contributed by atoms with Crippen molar-refractivity contribution in [1.82, 2.24) is 4.90 Å². The summed E-state index contributed by atoms with van der Waals surface area (Å²) in [5.74, 6) is 0.566. The van der Waals surface area contributed by atoms with Gasteiger partial charge in [-0.25, -0.2) is 4.79 Å². The Hall–Kier alpha value is -1.85. The first-order valence-electron chi connectivity index (χ1n) is 10.7. The fourth-order valence-electron chi connectivity index (χ4n) is 4.86. The molecule has 0 N–H and O–H groups in total. The minimum Gasteiger partial charge on any atom is -0.442 e. The molecule has 160 valence electrons. The Kier molecular flexibility index (Phi) is 6.21. The number of ether oxygens (including phenoxy) is 2. The van der Waals surface area contributed by atoms with Crippen molar-refractivity contribution in [2.45, 2.75) is 57.8 Å². The van der Waals surface area contributed by atoms with Crippen LogP contribution in [0.2, 0.25) is 0 Å². The van der Waals surface area contributed by atoms with Crippen LogP contribution in [0.5, 0.6) is 0 Å². The van der Waals surface area contributed by atoms with E-state index in [2.05, 4.69) is 54.0 Å². The summed E-state index contributed by atoms with van der Waals surface area (Å²) in [4.78, 5) is 14.5. The van der Waals surface area contributed by atoms with E-state index in [4.69, 9.17) is 9.47 Å². The Morgan fingerprint density at radius 2 is 1.77 bits per heavy atom. The number of halogens is 1. The van der Waals surface area contributed by atoms with Gasteiger partial charge in [-0.1, -0.05) is 58.4 Å². The molecular weight excluding hydrogens is 442 g/mol. The molecule has 1 amide bonds. The van der Waals surface area contributed by atoms with Gasteiger partial charge >= 0.3 is 6.09 Å². The van der Waals surface area contributed by atoms with Gasteiger partial charge in [0.1, 0.15) is 6.10 Å². The second-order valence-electron chi connectivity index (χ2n) is 9.17. The first kappa shape index (κ1) is 21.4. The molecule has 4 nitrogen and oxygen atoms in total. The van der Waals surface area contributed by atoms with E-state index in [0.29, 0.717) is 19.1 Å². The normalized spacial score (nSPS) is 20.3. The first-order valence-corrected chi connectivity index (χ1v) is 11.5. The maximum atomic E-state index is 12.6. The van der Waals surface area contributed by atoms with Crippen molar-refractivity contribution < 1.29 is 14.3 Å². The van der Waals surface area contributed by atoms with Gasteiger partial charge in [-0.15, -0.1) is 0 Å². The lowest BCUT2D eigenvalue weighted by Crippen LogP contribution is -2.46. The third-order valence-corrected chi connectivity index (χ3v) is 7.13. The highest BCUT2D eigenvalue weighted by Gasteiger charge is 2.42. The summed E-state index contributed by atoms with van der Waals surface area (Å²) >= 11 is 3.57. The van der Waals surface area contributed by atoms with E-state index in [1.54, 1.807) is 0 Å². The number of fused-ring (bicyclic) bond motifs is 1. The lowest BCUT2D eigenvalue weighted by atomic mass is 9.87. The van der Waals surface area contributed by atoms with Crippen LogP contribution in [0, 0.1) is 5.92 Å². The molecule has 0 aromatic heterocycles. The number of rotatable bonds is 7. The van der Waals surface area contributed by atoms with E-state index < -0.39 is 0 Å². The van der Waals surface area contributed by atoms with E-state index >= 15 is 0 Å². The molecule has 1 aliphatic heterocycles. The molecule has 0 unspecified atom stereocenters. The second kappa shape index (κ2) is 8.72. The van der Waals surface area contributed by atoms with E-state index in [-0.39, 0.29) is 23.8 Å². The minimum atomic E-state index is -0.243. The Bertz CT molecular complexity index is 888. The maximum absolute atomic E-state index is 12.6. The first-order chi connectivity index (χ1) is 14.3. The molecule has 1 aliphatic carbocycles. The second-order valence-corrected chi connectivity index (χ2v) is 10.0. The molecule has 1 saturated heterocycles. The minimum absolute atomic E-state index is 0.0710. The lowest BCUT2D eigenvalue weighted by Gasteiger charge is -2.35. The summed E-state index contributed by atoms with van der Waals surface area (Å²) in [6.07, 6.45) is 2.63. The molecule has 2 aromatic carbocycles. The molecule has 0 bridgehead atoms. The Labute approximate surface area is 187 Å². The maximum Gasteiger partial charge on any atom is 0.410 e. The molecule has 2 atom stereocenters. The molecule has 1 heterocycles. The van der Waals surface area contributed by atoms with E-state index in [1.165, 1.54) is 11.1 Å². The van der Waals surface area contributed by atoms with Gasteiger partial charge in [-0.2, -0.15) is 0 Å². The van der Waals surface area contributed by atoms with Crippen molar-refractivity contribution in [2.24, 2.45) is 5.92 Å². The summed E-state index contributed by atoms with van der Waals surface area (Å²) in [6.45, 7) is 7.31. The quantitative estimate of drug-likeness (QED) is 0.501. The number of hydrogen-bond donors (Lipinski definition) is 0. The van der Waals surface area contributed by atoms with E-state index in [0.717, 1.165) is 29.3 Å². The van der Waals surface area contributed by atoms with Gasteiger partial charge in [0.05, 0.1) is 19.3 Å². The highest BCUT2D eigenvalue weighted by molar-refractivity contribution is 9.10. The largest absolute Gasteiger partial charge is 0.442 e. The number of amides is 1. The number of benzene rings is 2. The van der Waals surface area contributed by atoms with Crippen molar-refractivity contribution in [3.8, 4) is 0 Å². The predicted molar refractivity (Wildman–Crippen MR) is 122 cm³/mol. The smallest absolute Gasteiger partial charge is 0.410 e. The Morgan fingerprint density at radius 1 is 1.13 bits per heavy atom. The monoisotopic (exact) mass is 471 g/mol. The molecule has 30 heavy (non-hydrogen) atoms. The average Bonchev–Trinajstić information content (AvgIpc) is 3.28. The van der Waals surface area contributed by atoms with E-state index in [1.807, 2.05) is 36.1 Å². The van der Waals surface area contributed by atoms with Gasteiger partial charge in [0.25, 0.3) is 0 Å². The molecule has 0 spiro atoms. The predicted octanol–water partition coefficient (Wildman–Crippen LogP) is 5.93. The number of nitrogens with zero attached hydrogens (tertiary/aromatic N) is 1. The van der Waals surface area contributed by atoms with Crippen molar-refractivity contribution in [2.75, 3.05) is 13.2 Å². The van der Waals surface area contributed by atoms with Crippen LogP contribution in [0.15, 0.2) is 53.0 Å². The standard InChI is InChI=1S/C25H30BrNO3/c1-17(22-10-6-7-11-23(22)26)29-16-21-15-27(24(28)30-21)25(2,3)14-18-12-19-8-4-5-9-20(19)13-18/h4-11,17-18,21H,12-16H2,1-3H3/t17-,21-/m1/s1. The zero-order chi connectivity index (χ0) is 21.3. The summed E-state index contributed by atoms with van der Waals surface area (Å²) in [6, 6.07) is 16.7. The Morgan fingerprint density at radius 3 is 2.43 bits per heavy atom. The van der Waals surface area contributed by atoms with Gasteiger partial charge in [-0.05, 0) is 68.7 Å². The van der Waals surface area contributed by atoms with Gasteiger partial charge in [0.15, 0.2) is 0 Å². The van der Waals surface area contributed by atoms with Gasteiger partial charge in [0.2, 0.25) is 0 Å². The number of carbonyl (C=O) groups excluding carboxylic acids is 1. The van der Waals surface area contributed by atoms with Crippen LogP contribution in [0.3, 0.4) is 0 Å². The molecule has 0 radical (unpaired) electrons. The van der Waals surface area contributed by atoms with Crippen LogP contribution in [-0.4, -0.2) is 35.8 Å². The number of hydrogen-bond acceptors (Lipinski definition) is 3. The average molecular weight is 472 g/mol. The van der Waals surface area contributed by atoms with Gasteiger partial charge in [0, 0.05) is 10.0 Å². The van der Waals surface area contributed by atoms with Crippen LogP contribution < -0.4 is 0 Å². The van der Waals surface area contributed by atoms with Crippen LogP contribution in [0.1, 0.15) is 50.0 Å². The third kappa shape index (κ3) is 4.57. The molecule has 5 heteroatoms. The van der Waals surface area contributed by atoms with Crippen LogP contribution in [0.4, 0.5) is 4.79 Å². The zero-order valence-corrected chi connectivity index (χ0v) is 19.5. The van der Waals surface area contributed by atoms with Gasteiger partial charge in [-0.3, -0.25) is 4.90 Å². The number of carbonyl (C=O) groups is 1. The highest BCUT2D eigenvalue weighted by Crippen LogP contribution is 2.36. The molecule has 1 fully saturated rings.